The van der Waals surface area contributed by atoms with Gasteiger partial charge in [0.1, 0.15) is 28.2 Å². The van der Waals surface area contributed by atoms with Crippen LogP contribution in [0.5, 0.6) is 11.5 Å². The third-order valence-corrected chi connectivity index (χ3v) is 6.57. The summed E-state index contributed by atoms with van der Waals surface area (Å²) in [5.41, 5.74) is 2.13. The molecule has 1 fully saturated rings. The molecule has 1 N–H and O–H groups in total. The monoisotopic (exact) mass is 402 g/mol. The molecular formula is C19H22N4O4S. The molecule has 9 heteroatoms. The first-order chi connectivity index (χ1) is 13.6. The first-order valence-corrected chi connectivity index (χ1v) is 10.4. The van der Waals surface area contributed by atoms with Crippen molar-refractivity contribution in [1.82, 2.24) is 14.3 Å². The van der Waals surface area contributed by atoms with Crippen molar-refractivity contribution in [1.29, 1.82) is 0 Å². The number of rotatable bonds is 5. The number of aromatic nitrogens is 2. The predicted octanol–water partition coefficient (Wildman–Crippen LogP) is 1.70. The molecule has 148 valence electrons. The topological polar surface area (TPSA) is 85.7 Å². The van der Waals surface area contributed by atoms with Crippen LogP contribution >= 0.6 is 0 Å². The van der Waals surface area contributed by atoms with E-state index >= 15 is 0 Å². The highest BCUT2D eigenvalue weighted by Gasteiger charge is 2.26. The van der Waals surface area contributed by atoms with Gasteiger partial charge in [0.25, 0.3) is 10.0 Å². The molecule has 1 saturated heterocycles. The second kappa shape index (κ2) is 7.33. The zero-order chi connectivity index (χ0) is 19.7. The summed E-state index contributed by atoms with van der Waals surface area (Å²) in [6, 6.07) is 10.3. The van der Waals surface area contributed by atoms with Gasteiger partial charge in [0.15, 0.2) is 0 Å². The maximum absolute atomic E-state index is 13.4. The van der Waals surface area contributed by atoms with Gasteiger partial charge < -0.3 is 19.7 Å². The Morgan fingerprint density at radius 2 is 1.86 bits per heavy atom. The van der Waals surface area contributed by atoms with E-state index in [1.54, 1.807) is 18.2 Å². The van der Waals surface area contributed by atoms with E-state index in [1.165, 1.54) is 30.6 Å². The van der Waals surface area contributed by atoms with Crippen molar-refractivity contribution in [3.8, 4) is 11.5 Å². The second-order valence-corrected chi connectivity index (χ2v) is 8.23. The number of nitrogens with zero attached hydrogens (tertiary/aromatic N) is 3. The van der Waals surface area contributed by atoms with Crippen molar-refractivity contribution in [2.45, 2.75) is 4.90 Å². The number of hydrogen-bond acceptors (Lipinski definition) is 7. The Balaban J connectivity index is 1.85. The predicted molar refractivity (Wildman–Crippen MR) is 107 cm³/mol. The van der Waals surface area contributed by atoms with Crippen LogP contribution in [0.1, 0.15) is 0 Å². The van der Waals surface area contributed by atoms with Crippen molar-refractivity contribution in [3.05, 3.63) is 42.7 Å². The number of methoxy groups -OCH3 is 2. The number of fused-ring (bicyclic) bond motifs is 1. The van der Waals surface area contributed by atoms with Crippen molar-refractivity contribution < 1.29 is 17.9 Å². The Morgan fingerprint density at radius 3 is 2.57 bits per heavy atom. The molecular weight excluding hydrogens is 380 g/mol. The molecule has 0 unspecified atom stereocenters. The smallest absolute Gasteiger partial charge is 0.273 e. The van der Waals surface area contributed by atoms with Gasteiger partial charge in [0, 0.05) is 32.2 Å². The van der Waals surface area contributed by atoms with Crippen LogP contribution in [-0.2, 0) is 10.0 Å². The Bertz CT molecular complexity index is 1100. The summed E-state index contributed by atoms with van der Waals surface area (Å²) in [5.74, 6) is 0.686. The molecule has 28 heavy (non-hydrogen) atoms. The zero-order valence-electron chi connectivity index (χ0n) is 15.8. The van der Waals surface area contributed by atoms with E-state index in [9.17, 15) is 8.42 Å². The molecule has 0 bridgehead atoms. The third kappa shape index (κ3) is 3.06. The van der Waals surface area contributed by atoms with Gasteiger partial charge in [-0.25, -0.2) is 17.4 Å². The molecule has 2 aromatic carbocycles. The van der Waals surface area contributed by atoms with Crippen molar-refractivity contribution in [2.75, 3.05) is 45.3 Å². The first kappa shape index (κ1) is 18.6. The minimum absolute atomic E-state index is 0.0289. The molecule has 0 spiro atoms. The molecule has 0 amide bonds. The number of imidazole rings is 1. The van der Waals surface area contributed by atoms with Crippen LogP contribution < -0.4 is 19.7 Å². The minimum atomic E-state index is -3.93. The molecule has 0 radical (unpaired) electrons. The summed E-state index contributed by atoms with van der Waals surface area (Å²) in [4.78, 5) is 6.68. The number of ether oxygens (including phenoxy) is 2. The fourth-order valence-corrected chi connectivity index (χ4v) is 4.91. The molecule has 4 rings (SSSR count). The molecule has 8 nitrogen and oxygen atoms in total. The quantitative estimate of drug-likeness (QED) is 0.695. The molecule has 1 aromatic heterocycles. The number of nitrogens with one attached hydrogen (secondary N) is 1. The lowest BCUT2D eigenvalue weighted by atomic mass is 10.2. The lowest BCUT2D eigenvalue weighted by molar-refractivity contribution is 0.392. The standard InChI is InChI=1S/C19H22N4O4S/c1-26-14-6-7-17(27-2)18(12-14)28(24,25)23-13-21-19-15(4-3-5-16(19)23)22-10-8-20-9-11-22/h3-7,12-13,20H,8-11H2,1-2H3. The van der Waals surface area contributed by atoms with Gasteiger partial charge in [-0.05, 0) is 24.3 Å². The van der Waals surface area contributed by atoms with E-state index in [0.717, 1.165) is 31.9 Å². The number of anilines is 1. The first-order valence-electron chi connectivity index (χ1n) is 8.95. The summed E-state index contributed by atoms with van der Waals surface area (Å²) in [5, 5.41) is 3.32. The Kier molecular flexibility index (Phi) is 4.86. The molecule has 1 aliphatic heterocycles. The highest BCUT2D eigenvalue weighted by Crippen LogP contribution is 2.33. The average Bonchev–Trinajstić information content (AvgIpc) is 3.19. The minimum Gasteiger partial charge on any atom is -0.497 e. The summed E-state index contributed by atoms with van der Waals surface area (Å²) < 4.78 is 38.5. The summed E-state index contributed by atoms with van der Waals surface area (Å²) in [7, 11) is -0.996. The fraction of sp³-hybridized carbons (Fsp3) is 0.316. The van der Waals surface area contributed by atoms with Crippen LogP contribution in [0.25, 0.3) is 11.0 Å². The van der Waals surface area contributed by atoms with Crippen LogP contribution in [0.2, 0.25) is 0 Å². The number of hydrogen-bond donors (Lipinski definition) is 1. The largest absolute Gasteiger partial charge is 0.497 e. The average molecular weight is 402 g/mol. The van der Waals surface area contributed by atoms with Gasteiger partial charge in [0.2, 0.25) is 0 Å². The van der Waals surface area contributed by atoms with E-state index in [1.807, 2.05) is 12.1 Å². The molecule has 0 saturated carbocycles. The van der Waals surface area contributed by atoms with Gasteiger partial charge in [-0.3, -0.25) is 0 Å². The number of benzene rings is 2. The second-order valence-electron chi connectivity index (χ2n) is 6.44. The van der Waals surface area contributed by atoms with Gasteiger partial charge >= 0.3 is 0 Å². The van der Waals surface area contributed by atoms with Gasteiger partial charge in [-0.2, -0.15) is 0 Å². The van der Waals surface area contributed by atoms with Crippen LogP contribution in [-0.4, -0.2) is 57.8 Å². The van der Waals surface area contributed by atoms with Crippen LogP contribution in [0.15, 0.2) is 47.6 Å². The van der Waals surface area contributed by atoms with E-state index < -0.39 is 10.0 Å². The van der Waals surface area contributed by atoms with Crippen molar-refractivity contribution in [3.63, 3.8) is 0 Å². The highest BCUT2D eigenvalue weighted by atomic mass is 32.2. The lowest BCUT2D eigenvalue weighted by Crippen LogP contribution is -2.43. The fourth-order valence-electron chi connectivity index (χ4n) is 3.45. The van der Waals surface area contributed by atoms with Crippen LogP contribution in [0.4, 0.5) is 5.69 Å². The van der Waals surface area contributed by atoms with Crippen LogP contribution in [0.3, 0.4) is 0 Å². The van der Waals surface area contributed by atoms with E-state index in [2.05, 4.69) is 15.2 Å². The highest BCUT2D eigenvalue weighted by molar-refractivity contribution is 7.90. The maximum Gasteiger partial charge on any atom is 0.273 e. The van der Waals surface area contributed by atoms with Crippen LogP contribution in [0, 0.1) is 0 Å². The molecule has 1 aliphatic rings. The summed E-state index contributed by atoms with van der Waals surface area (Å²) >= 11 is 0. The van der Waals surface area contributed by atoms with E-state index in [-0.39, 0.29) is 10.6 Å². The van der Waals surface area contributed by atoms with Crippen molar-refractivity contribution in [2.24, 2.45) is 0 Å². The third-order valence-electron chi connectivity index (χ3n) is 4.89. The molecule has 2 heterocycles. The molecule has 0 atom stereocenters. The Labute approximate surface area is 163 Å². The molecule has 0 aliphatic carbocycles. The zero-order valence-corrected chi connectivity index (χ0v) is 16.6. The SMILES string of the molecule is COc1ccc(OC)c(S(=O)(=O)n2cnc3c(N4CCNCC4)cccc32)c1. The van der Waals surface area contributed by atoms with Gasteiger partial charge in [-0.1, -0.05) is 6.07 Å². The summed E-state index contributed by atoms with van der Waals surface area (Å²) in [6.45, 7) is 3.47. The Hall–Kier alpha value is -2.78. The maximum atomic E-state index is 13.4. The van der Waals surface area contributed by atoms with Crippen molar-refractivity contribution >= 4 is 26.7 Å². The van der Waals surface area contributed by atoms with Gasteiger partial charge in [0.05, 0.1) is 25.4 Å². The van der Waals surface area contributed by atoms with Gasteiger partial charge in [-0.15, -0.1) is 0 Å². The normalized spacial score (nSPS) is 15.0. The Morgan fingerprint density at radius 1 is 1.07 bits per heavy atom. The van der Waals surface area contributed by atoms with E-state index in [4.69, 9.17) is 9.47 Å². The van der Waals surface area contributed by atoms with E-state index in [0.29, 0.717) is 16.8 Å². The molecule has 3 aromatic rings. The number of piperazine rings is 1. The lowest BCUT2D eigenvalue weighted by Gasteiger charge is -2.29. The summed E-state index contributed by atoms with van der Waals surface area (Å²) in [6.07, 6.45) is 1.35. The number of para-hydroxylation sites is 1.